The summed E-state index contributed by atoms with van der Waals surface area (Å²) in [6, 6.07) is 18.6. The highest BCUT2D eigenvalue weighted by atomic mass is 19.1. The molecule has 0 radical (unpaired) electrons. The number of nitrogens with one attached hydrogen (secondary N) is 2. The number of H-pyrrole nitrogens is 1. The molecule has 0 bridgehead atoms. The predicted octanol–water partition coefficient (Wildman–Crippen LogP) is 4.67. The average molecular weight is 402 g/mol. The molecular formula is C24H20F2N4. The van der Waals surface area contributed by atoms with Crippen LogP contribution in [0.25, 0.3) is 22.5 Å². The Bertz CT molecular complexity index is 1160. The molecule has 6 heteroatoms. The van der Waals surface area contributed by atoms with Crippen molar-refractivity contribution in [1.82, 2.24) is 20.5 Å². The molecule has 4 aromatic rings. The molecule has 1 heterocycles. The number of benzene rings is 3. The summed E-state index contributed by atoms with van der Waals surface area (Å²) in [6.07, 6.45) is 3.24. The maximum atomic E-state index is 15.3. The highest BCUT2D eigenvalue weighted by Gasteiger charge is 2.22. The molecule has 0 saturated heterocycles. The highest BCUT2D eigenvalue weighted by molar-refractivity contribution is 5.71. The van der Waals surface area contributed by atoms with E-state index in [4.69, 9.17) is 0 Å². The average Bonchev–Trinajstić information content (AvgIpc) is 3.43. The zero-order valence-electron chi connectivity index (χ0n) is 16.2. The van der Waals surface area contributed by atoms with E-state index < -0.39 is 11.6 Å². The smallest absolute Gasteiger partial charge is 0.180 e. The van der Waals surface area contributed by atoms with Crippen molar-refractivity contribution >= 4 is 0 Å². The Labute approximate surface area is 173 Å². The molecule has 2 N–H and O–H groups in total. The van der Waals surface area contributed by atoms with E-state index in [1.54, 1.807) is 6.07 Å². The van der Waals surface area contributed by atoms with Gasteiger partial charge in [-0.1, -0.05) is 42.5 Å². The van der Waals surface area contributed by atoms with Crippen LogP contribution in [0.15, 0.2) is 67.0 Å². The largest absolute Gasteiger partial charge is 0.309 e. The van der Waals surface area contributed by atoms with Gasteiger partial charge in [0, 0.05) is 29.3 Å². The van der Waals surface area contributed by atoms with Crippen molar-refractivity contribution in [2.45, 2.75) is 25.4 Å². The molecule has 3 aromatic carbocycles. The first kappa shape index (κ1) is 18.6. The molecule has 30 heavy (non-hydrogen) atoms. The normalized spacial score (nSPS) is 13.5. The van der Waals surface area contributed by atoms with Gasteiger partial charge in [0.1, 0.15) is 18.0 Å². The molecule has 0 amide bonds. The molecule has 0 spiro atoms. The fourth-order valence-corrected chi connectivity index (χ4v) is 4.11. The van der Waals surface area contributed by atoms with Gasteiger partial charge in [0.15, 0.2) is 5.82 Å². The second-order valence-corrected chi connectivity index (χ2v) is 7.55. The van der Waals surface area contributed by atoms with E-state index in [1.807, 2.05) is 30.3 Å². The van der Waals surface area contributed by atoms with Crippen molar-refractivity contribution in [3.8, 4) is 22.5 Å². The Morgan fingerprint density at radius 3 is 2.43 bits per heavy atom. The number of aromatic nitrogens is 3. The molecule has 1 aliphatic carbocycles. The topological polar surface area (TPSA) is 53.6 Å². The first-order valence-electron chi connectivity index (χ1n) is 9.92. The van der Waals surface area contributed by atoms with Gasteiger partial charge in [-0.2, -0.15) is 5.10 Å². The Kier molecular flexibility index (Phi) is 4.85. The lowest BCUT2D eigenvalue weighted by Gasteiger charge is -2.15. The SMILES string of the molecule is Fc1ccc(-c2cccc(-c3nc[nH]n3)c2)c(F)c1CNC1Cc2ccccc2C1. The molecule has 0 unspecified atom stereocenters. The summed E-state index contributed by atoms with van der Waals surface area (Å²) in [7, 11) is 0. The van der Waals surface area contributed by atoms with E-state index in [-0.39, 0.29) is 18.2 Å². The van der Waals surface area contributed by atoms with Gasteiger partial charge >= 0.3 is 0 Å². The van der Waals surface area contributed by atoms with Gasteiger partial charge < -0.3 is 5.32 Å². The fraction of sp³-hybridized carbons (Fsp3) is 0.167. The van der Waals surface area contributed by atoms with Crippen LogP contribution >= 0.6 is 0 Å². The number of hydrogen-bond donors (Lipinski definition) is 2. The fourth-order valence-electron chi connectivity index (χ4n) is 4.11. The second kappa shape index (κ2) is 7.80. The first-order chi connectivity index (χ1) is 14.7. The maximum Gasteiger partial charge on any atom is 0.180 e. The van der Waals surface area contributed by atoms with Gasteiger partial charge in [0.05, 0.1) is 0 Å². The van der Waals surface area contributed by atoms with E-state index in [0.717, 1.165) is 18.4 Å². The summed E-state index contributed by atoms with van der Waals surface area (Å²) in [4.78, 5) is 4.14. The van der Waals surface area contributed by atoms with Gasteiger partial charge in [-0.3, -0.25) is 5.10 Å². The molecule has 0 saturated carbocycles. The number of aromatic amines is 1. The number of fused-ring (bicyclic) bond motifs is 1. The van der Waals surface area contributed by atoms with Crippen molar-refractivity contribution < 1.29 is 8.78 Å². The Morgan fingerprint density at radius 1 is 0.933 bits per heavy atom. The summed E-state index contributed by atoms with van der Waals surface area (Å²) in [5.41, 5.74) is 4.44. The van der Waals surface area contributed by atoms with E-state index >= 15 is 4.39 Å². The Morgan fingerprint density at radius 2 is 1.70 bits per heavy atom. The van der Waals surface area contributed by atoms with Gasteiger partial charge in [-0.05, 0) is 47.7 Å². The van der Waals surface area contributed by atoms with E-state index in [1.165, 1.54) is 29.6 Å². The highest BCUT2D eigenvalue weighted by Crippen LogP contribution is 2.30. The van der Waals surface area contributed by atoms with Crippen molar-refractivity contribution in [2.75, 3.05) is 0 Å². The van der Waals surface area contributed by atoms with E-state index in [0.29, 0.717) is 17.0 Å². The molecule has 4 nitrogen and oxygen atoms in total. The lowest BCUT2D eigenvalue weighted by molar-refractivity contribution is 0.492. The summed E-state index contributed by atoms with van der Waals surface area (Å²) < 4.78 is 29.8. The number of nitrogens with zero attached hydrogens (tertiary/aromatic N) is 2. The van der Waals surface area contributed by atoms with Crippen LogP contribution in [0.3, 0.4) is 0 Å². The summed E-state index contributed by atoms with van der Waals surface area (Å²) in [5, 5.41) is 10.1. The van der Waals surface area contributed by atoms with E-state index in [9.17, 15) is 4.39 Å². The lowest BCUT2D eigenvalue weighted by atomic mass is 9.99. The minimum atomic E-state index is -0.538. The van der Waals surface area contributed by atoms with Crippen LogP contribution < -0.4 is 5.32 Å². The molecular weight excluding hydrogens is 382 g/mol. The molecule has 0 fully saturated rings. The Balaban J connectivity index is 1.39. The monoisotopic (exact) mass is 402 g/mol. The van der Waals surface area contributed by atoms with Crippen molar-refractivity contribution in [1.29, 1.82) is 0 Å². The summed E-state index contributed by atoms with van der Waals surface area (Å²) >= 11 is 0. The predicted molar refractivity (Wildman–Crippen MR) is 112 cm³/mol. The van der Waals surface area contributed by atoms with Crippen LogP contribution in [0.4, 0.5) is 8.78 Å². The minimum absolute atomic E-state index is 0.0618. The van der Waals surface area contributed by atoms with Crippen molar-refractivity contribution in [3.05, 3.63) is 95.3 Å². The third-order valence-corrected chi connectivity index (χ3v) is 5.65. The molecule has 0 aliphatic heterocycles. The van der Waals surface area contributed by atoms with Crippen molar-refractivity contribution in [3.63, 3.8) is 0 Å². The number of hydrogen-bond acceptors (Lipinski definition) is 3. The third kappa shape index (κ3) is 3.50. The van der Waals surface area contributed by atoms with Crippen LogP contribution in [0, 0.1) is 11.6 Å². The van der Waals surface area contributed by atoms with Gasteiger partial charge in [0.2, 0.25) is 0 Å². The summed E-state index contributed by atoms with van der Waals surface area (Å²) in [5.74, 6) is -0.545. The van der Waals surface area contributed by atoms with Gasteiger partial charge in [-0.15, -0.1) is 0 Å². The zero-order valence-corrected chi connectivity index (χ0v) is 16.2. The molecule has 5 rings (SSSR count). The first-order valence-corrected chi connectivity index (χ1v) is 9.92. The van der Waals surface area contributed by atoms with Gasteiger partial charge in [-0.25, -0.2) is 13.8 Å². The van der Waals surface area contributed by atoms with Crippen LogP contribution in [-0.4, -0.2) is 21.2 Å². The standard InChI is InChI=1S/C24H20F2N4/c25-22-9-8-20(17-6-3-7-18(10-17)24-28-14-29-30-24)23(26)21(22)13-27-19-11-15-4-1-2-5-16(15)12-19/h1-10,14,19,27H,11-13H2,(H,28,29,30). The minimum Gasteiger partial charge on any atom is -0.309 e. The number of halogens is 2. The van der Waals surface area contributed by atoms with Crippen molar-refractivity contribution in [2.24, 2.45) is 0 Å². The lowest BCUT2D eigenvalue weighted by Crippen LogP contribution is -2.29. The van der Waals surface area contributed by atoms with E-state index in [2.05, 4.69) is 32.6 Å². The summed E-state index contributed by atoms with van der Waals surface area (Å²) in [6.45, 7) is 0.144. The maximum absolute atomic E-state index is 15.3. The van der Waals surface area contributed by atoms with Crippen LogP contribution in [0.1, 0.15) is 16.7 Å². The third-order valence-electron chi connectivity index (χ3n) is 5.65. The Hall–Kier alpha value is -3.38. The molecule has 1 aromatic heterocycles. The van der Waals surface area contributed by atoms with Crippen LogP contribution in [-0.2, 0) is 19.4 Å². The quantitative estimate of drug-likeness (QED) is 0.510. The van der Waals surface area contributed by atoms with Crippen LogP contribution in [0.2, 0.25) is 0 Å². The second-order valence-electron chi connectivity index (χ2n) is 7.55. The van der Waals surface area contributed by atoms with Gasteiger partial charge in [0.25, 0.3) is 0 Å². The molecule has 0 atom stereocenters. The van der Waals surface area contributed by atoms with Crippen LogP contribution in [0.5, 0.6) is 0 Å². The zero-order chi connectivity index (χ0) is 20.5. The molecule has 1 aliphatic rings. The number of rotatable bonds is 5. The molecule has 150 valence electrons.